The van der Waals surface area contributed by atoms with E-state index in [0.717, 1.165) is 8.78 Å². The van der Waals surface area contributed by atoms with E-state index in [9.17, 15) is 13.2 Å². The molecule has 1 aromatic rings. The third kappa shape index (κ3) is 4.77. The second-order valence-electron chi connectivity index (χ2n) is 4.17. The number of carboxylic acids is 1. The Bertz CT molecular complexity index is 588. The van der Waals surface area contributed by atoms with E-state index in [-0.39, 0.29) is 6.54 Å². The van der Waals surface area contributed by atoms with Crippen molar-refractivity contribution in [3.8, 4) is 5.75 Å². The largest absolute Gasteiger partial charge is 0.496 e. The van der Waals surface area contributed by atoms with Gasteiger partial charge in [-0.3, -0.25) is 4.79 Å². The molecule has 20 heavy (non-hydrogen) atoms. The highest BCUT2D eigenvalue weighted by molar-refractivity contribution is 9.10. The summed E-state index contributed by atoms with van der Waals surface area (Å²) in [6.07, 6.45) is -0.414. The zero-order valence-electron chi connectivity index (χ0n) is 11.2. The average molecular weight is 366 g/mol. The molecule has 0 fully saturated rings. The molecule has 0 radical (unpaired) electrons. The minimum atomic E-state index is -3.61. The molecular weight excluding hydrogens is 350 g/mol. The van der Waals surface area contributed by atoms with E-state index in [0.29, 0.717) is 11.3 Å². The molecule has 1 N–H and O–H groups in total. The number of hydrogen-bond donors (Lipinski definition) is 1. The Hall–Kier alpha value is -1.12. The summed E-state index contributed by atoms with van der Waals surface area (Å²) >= 11 is 3.31. The summed E-state index contributed by atoms with van der Waals surface area (Å²) in [6.45, 7) is 0.116. The average Bonchev–Trinajstić information content (AvgIpc) is 2.36. The smallest absolute Gasteiger partial charge is 0.304 e. The number of methoxy groups -OCH3 is 1. The minimum absolute atomic E-state index is 0.116. The van der Waals surface area contributed by atoms with Gasteiger partial charge in [0.15, 0.2) is 0 Å². The fourth-order valence-corrected chi connectivity index (χ4v) is 3.07. The number of rotatable bonds is 7. The summed E-state index contributed by atoms with van der Waals surface area (Å²) in [5.74, 6) is -0.981. The molecule has 8 heteroatoms. The van der Waals surface area contributed by atoms with E-state index in [4.69, 9.17) is 9.84 Å². The van der Waals surface area contributed by atoms with Crippen molar-refractivity contribution in [1.29, 1.82) is 0 Å². The molecular formula is C12H16BrNO5S. The van der Waals surface area contributed by atoms with E-state index in [1.165, 1.54) is 14.2 Å². The zero-order valence-corrected chi connectivity index (χ0v) is 13.6. The van der Waals surface area contributed by atoms with Crippen LogP contribution in [0.1, 0.15) is 12.0 Å². The SMILES string of the molecule is COc1ccc(Br)cc1CN(C)S(=O)(=O)CCC(=O)O. The first kappa shape index (κ1) is 16.9. The Morgan fingerprint density at radius 1 is 1.45 bits per heavy atom. The van der Waals surface area contributed by atoms with Crippen molar-refractivity contribution >= 4 is 31.9 Å². The van der Waals surface area contributed by atoms with Gasteiger partial charge in [-0.15, -0.1) is 0 Å². The molecule has 0 heterocycles. The highest BCUT2D eigenvalue weighted by atomic mass is 79.9. The van der Waals surface area contributed by atoms with E-state index in [1.54, 1.807) is 18.2 Å². The summed E-state index contributed by atoms with van der Waals surface area (Å²) < 4.78 is 31.0. The summed E-state index contributed by atoms with van der Waals surface area (Å²) in [4.78, 5) is 10.5. The predicted molar refractivity (Wildman–Crippen MR) is 78.2 cm³/mol. The van der Waals surface area contributed by atoms with Crippen LogP contribution in [0.25, 0.3) is 0 Å². The van der Waals surface area contributed by atoms with Crippen LogP contribution in [-0.2, 0) is 21.4 Å². The number of sulfonamides is 1. The second-order valence-corrected chi connectivity index (χ2v) is 7.28. The van der Waals surface area contributed by atoms with Crippen LogP contribution in [0.4, 0.5) is 0 Å². The standard InChI is InChI=1S/C12H16BrNO5S/c1-14(20(17,18)6-5-12(15)16)8-9-7-10(13)3-4-11(9)19-2/h3-4,7H,5-6,8H2,1-2H3,(H,15,16). The molecule has 6 nitrogen and oxygen atoms in total. The van der Waals surface area contributed by atoms with Crippen molar-refractivity contribution in [2.24, 2.45) is 0 Å². The zero-order chi connectivity index (χ0) is 15.3. The van der Waals surface area contributed by atoms with E-state index in [1.807, 2.05) is 0 Å². The van der Waals surface area contributed by atoms with Crippen molar-refractivity contribution in [3.63, 3.8) is 0 Å². The first-order valence-electron chi connectivity index (χ1n) is 5.74. The maximum atomic E-state index is 11.9. The third-order valence-corrected chi connectivity index (χ3v) is 4.98. The third-order valence-electron chi connectivity index (χ3n) is 2.68. The lowest BCUT2D eigenvalue weighted by molar-refractivity contribution is -0.136. The lowest BCUT2D eigenvalue weighted by Crippen LogP contribution is -2.29. The highest BCUT2D eigenvalue weighted by Gasteiger charge is 2.20. The van der Waals surface area contributed by atoms with Crippen molar-refractivity contribution in [2.45, 2.75) is 13.0 Å². The van der Waals surface area contributed by atoms with Crippen molar-refractivity contribution in [1.82, 2.24) is 4.31 Å². The van der Waals surface area contributed by atoms with Crippen LogP contribution >= 0.6 is 15.9 Å². The van der Waals surface area contributed by atoms with E-state index >= 15 is 0 Å². The Labute approximate surface area is 126 Å². The van der Waals surface area contributed by atoms with Gasteiger partial charge in [0.2, 0.25) is 10.0 Å². The molecule has 0 saturated heterocycles. The molecule has 0 bridgehead atoms. The number of carbonyl (C=O) groups is 1. The summed E-state index contributed by atoms with van der Waals surface area (Å²) in [6, 6.07) is 5.29. The van der Waals surface area contributed by atoms with Crippen molar-refractivity contribution in [3.05, 3.63) is 28.2 Å². The molecule has 0 aromatic heterocycles. The van der Waals surface area contributed by atoms with Crippen molar-refractivity contribution < 1.29 is 23.1 Å². The molecule has 0 aliphatic heterocycles. The quantitative estimate of drug-likeness (QED) is 0.794. The monoisotopic (exact) mass is 365 g/mol. The number of benzene rings is 1. The van der Waals surface area contributed by atoms with Crippen LogP contribution in [0.3, 0.4) is 0 Å². The lowest BCUT2D eigenvalue weighted by atomic mass is 10.2. The van der Waals surface area contributed by atoms with Crippen LogP contribution in [0.15, 0.2) is 22.7 Å². The minimum Gasteiger partial charge on any atom is -0.496 e. The Balaban J connectivity index is 2.87. The van der Waals surface area contributed by atoms with Crippen molar-refractivity contribution in [2.75, 3.05) is 19.9 Å². The molecule has 1 rings (SSSR count). The van der Waals surface area contributed by atoms with Gasteiger partial charge in [-0.1, -0.05) is 15.9 Å². The molecule has 112 valence electrons. The van der Waals surface area contributed by atoms with E-state index in [2.05, 4.69) is 15.9 Å². The highest BCUT2D eigenvalue weighted by Crippen LogP contribution is 2.24. The number of ether oxygens (including phenoxy) is 1. The summed E-state index contributed by atoms with van der Waals surface area (Å²) in [5.41, 5.74) is 0.697. The number of aliphatic carboxylic acids is 1. The lowest BCUT2D eigenvalue weighted by Gasteiger charge is -2.18. The van der Waals surface area contributed by atoms with Crippen LogP contribution in [-0.4, -0.2) is 43.7 Å². The van der Waals surface area contributed by atoms with Gasteiger partial charge in [0.1, 0.15) is 5.75 Å². The topological polar surface area (TPSA) is 83.9 Å². The van der Waals surface area contributed by atoms with Crippen LogP contribution in [0.2, 0.25) is 0 Å². The number of nitrogens with zero attached hydrogens (tertiary/aromatic N) is 1. The maximum Gasteiger partial charge on any atom is 0.304 e. The summed E-state index contributed by atoms with van der Waals surface area (Å²) in [5, 5.41) is 8.56. The summed E-state index contributed by atoms with van der Waals surface area (Å²) in [7, 11) is -0.690. The molecule has 0 aliphatic carbocycles. The number of hydrogen-bond acceptors (Lipinski definition) is 4. The van der Waals surface area contributed by atoms with Crippen LogP contribution in [0, 0.1) is 0 Å². The molecule has 0 atom stereocenters. The predicted octanol–water partition coefficient (Wildman–Crippen LogP) is 1.69. The van der Waals surface area contributed by atoms with Crippen LogP contribution < -0.4 is 4.74 Å². The van der Waals surface area contributed by atoms with Gasteiger partial charge in [-0.05, 0) is 18.2 Å². The Kier molecular flexibility index (Phi) is 5.97. The molecule has 0 spiro atoms. The number of halogens is 1. The molecule has 1 aromatic carbocycles. The Morgan fingerprint density at radius 3 is 2.65 bits per heavy atom. The first-order valence-corrected chi connectivity index (χ1v) is 8.14. The Morgan fingerprint density at radius 2 is 2.10 bits per heavy atom. The molecule has 0 amide bonds. The molecule has 0 unspecified atom stereocenters. The fraction of sp³-hybridized carbons (Fsp3) is 0.417. The van der Waals surface area contributed by atoms with Gasteiger partial charge >= 0.3 is 5.97 Å². The molecule has 0 aliphatic rings. The van der Waals surface area contributed by atoms with Gasteiger partial charge in [-0.2, -0.15) is 0 Å². The number of carboxylic acid groups (broad SMARTS) is 1. The first-order chi connectivity index (χ1) is 9.26. The van der Waals surface area contributed by atoms with Gasteiger partial charge in [0.25, 0.3) is 0 Å². The van der Waals surface area contributed by atoms with Gasteiger partial charge in [0.05, 0.1) is 19.3 Å². The van der Waals surface area contributed by atoms with Crippen LogP contribution in [0.5, 0.6) is 5.75 Å². The normalized spacial score (nSPS) is 11.6. The second kappa shape index (κ2) is 7.05. The maximum absolute atomic E-state index is 11.9. The van der Waals surface area contributed by atoms with Gasteiger partial charge < -0.3 is 9.84 Å². The van der Waals surface area contributed by atoms with E-state index < -0.39 is 28.2 Å². The molecule has 0 saturated carbocycles. The fourth-order valence-electron chi connectivity index (χ4n) is 1.58. The van der Waals surface area contributed by atoms with Gasteiger partial charge in [-0.25, -0.2) is 12.7 Å². The van der Waals surface area contributed by atoms with Gasteiger partial charge in [0, 0.05) is 23.6 Å².